The molecule has 0 aliphatic heterocycles. The zero-order valence-corrected chi connectivity index (χ0v) is 20.4. The number of hydrogen-bond acceptors (Lipinski definition) is 5. The van der Waals surface area contributed by atoms with Crippen molar-refractivity contribution in [1.82, 2.24) is 15.2 Å². The molecule has 1 heterocycles. The van der Waals surface area contributed by atoms with Crippen LogP contribution < -0.4 is 10.2 Å². The number of nitrogens with one attached hydrogen (secondary N) is 2. The Morgan fingerprint density at radius 2 is 1.85 bits per heavy atom. The predicted octanol–water partition coefficient (Wildman–Crippen LogP) is 4.47. The van der Waals surface area contributed by atoms with Crippen molar-refractivity contribution in [3.8, 4) is 5.75 Å². The van der Waals surface area contributed by atoms with Crippen molar-refractivity contribution in [2.24, 2.45) is 0 Å². The van der Waals surface area contributed by atoms with Gasteiger partial charge in [0.15, 0.2) is 0 Å². The average molecular weight is 470 g/mol. The summed E-state index contributed by atoms with van der Waals surface area (Å²) < 4.78 is 0.846. The highest BCUT2D eigenvalue weighted by Gasteiger charge is 2.16. The van der Waals surface area contributed by atoms with Gasteiger partial charge in [0.1, 0.15) is 11.3 Å². The van der Waals surface area contributed by atoms with Gasteiger partial charge in [-0.15, -0.1) is 0 Å². The Hall–Kier alpha value is -2.64. The van der Waals surface area contributed by atoms with E-state index in [0.29, 0.717) is 18.5 Å². The maximum atomic E-state index is 12.7. The lowest BCUT2D eigenvalue weighted by atomic mass is 10.1. The van der Waals surface area contributed by atoms with Crippen molar-refractivity contribution < 1.29 is 9.90 Å². The summed E-state index contributed by atoms with van der Waals surface area (Å²) in [6.45, 7) is 6.48. The fourth-order valence-corrected chi connectivity index (χ4v) is 4.95. The fourth-order valence-electron chi connectivity index (χ4n) is 4.06. The van der Waals surface area contributed by atoms with Crippen molar-refractivity contribution in [1.29, 1.82) is 0 Å². The van der Waals surface area contributed by atoms with Crippen molar-refractivity contribution in [3.63, 3.8) is 0 Å². The summed E-state index contributed by atoms with van der Waals surface area (Å²) in [5.74, 6) is 0.322. The average Bonchev–Trinajstić information content (AvgIpc) is 3.20. The lowest BCUT2D eigenvalue weighted by Crippen LogP contribution is -2.39. The molecule has 0 saturated heterocycles. The van der Waals surface area contributed by atoms with Crippen LogP contribution >= 0.6 is 11.3 Å². The number of H-pyrrole nitrogens is 1. The van der Waals surface area contributed by atoms with Crippen LogP contribution in [0.4, 0.5) is 0 Å². The topological polar surface area (TPSA) is 85.4 Å². The molecule has 178 valence electrons. The Morgan fingerprint density at radius 3 is 2.61 bits per heavy atom. The molecule has 1 aromatic heterocycles. The molecule has 2 aromatic carbocycles. The number of phenolic OH excluding ortho intramolecular Hbond substituents is 1. The second kappa shape index (κ2) is 12.6. The van der Waals surface area contributed by atoms with E-state index in [2.05, 4.69) is 36.3 Å². The van der Waals surface area contributed by atoms with Crippen LogP contribution in [0.15, 0.2) is 47.3 Å². The summed E-state index contributed by atoms with van der Waals surface area (Å²) in [5, 5.41) is 13.3. The first-order chi connectivity index (χ1) is 16.0. The highest BCUT2D eigenvalue weighted by atomic mass is 32.1. The number of amides is 1. The summed E-state index contributed by atoms with van der Waals surface area (Å²) in [7, 11) is 0. The minimum absolute atomic E-state index is 0.118. The van der Waals surface area contributed by atoms with E-state index in [1.54, 1.807) is 6.07 Å². The van der Waals surface area contributed by atoms with E-state index < -0.39 is 0 Å². The summed E-state index contributed by atoms with van der Waals surface area (Å²) in [6, 6.07) is 14.1. The minimum atomic E-state index is -0.145. The van der Waals surface area contributed by atoms with Crippen LogP contribution in [0.3, 0.4) is 0 Å². The van der Waals surface area contributed by atoms with Gasteiger partial charge in [0.25, 0.3) is 0 Å². The maximum Gasteiger partial charge on any atom is 0.305 e. The SMILES string of the molecule is CC(C)N(CCCCCc1ccc(O)c2[nH]c(=O)sc12)C(=O)CCNCCc1ccccc1. The standard InChI is InChI=1S/C26H35N3O3S/c1-19(2)29(23(31)15-17-27-16-14-20-9-5-3-6-10-20)18-8-4-7-11-21-12-13-22(30)24-25(21)33-26(32)28-24/h3,5-6,9-10,12-13,19,27,30H,4,7-8,11,14-18H2,1-2H3,(H,28,32). The number of fused-ring (bicyclic) bond motifs is 1. The number of carbonyl (C=O) groups is 1. The number of aryl methyl sites for hydroxylation is 1. The molecule has 0 bridgehead atoms. The molecule has 33 heavy (non-hydrogen) atoms. The van der Waals surface area contributed by atoms with Gasteiger partial charge in [0.2, 0.25) is 5.91 Å². The largest absolute Gasteiger partial charge is 0.506 e. The monoisotopic (exact) mass is 469 g/mol. The summed E-state index contributed by atoms with van der Waals surface area (Å²) in [6.07, 6.45) is 5.28. The third-order valence-electron chi connectivity index (χ3n) is 5.88. The summed E-state index contributed by atoms with van der Waals surface area (Å²) in [5.41, 5.74) is 2.93. The van der Waals surface area contributed by atoms with Gasteiger partial charge < -0.3 is 20.3 Å². The van der Waals surface area contributed by atoms with Crippen molar-refractivity contribution >= 4 is 27.5 Å². The Kier molecular flexibility index (Phi) is 9.51. The van der Waals surface area contributed by atoms with Gasteiger partial charge >= 0.3 is 4.87 Å². The molecule has 3 aromatic rings. The number of rotatable bonds is 13. The first-order valence-electron chi connectivity index (χ1n) is 11.8. The van der Waals surface area contributed by atoms with Crippen LogP contribution in [0.5, 0.6) is 5.75 Å². The molecule has 6 nitrogen and oxygen atoms in total. The molecular formula is C26H35N3O3S. The van der Waals surface area contributed by atoms with E-state index in [1.165, 1.54) is 5.56 Å². The number of unbranched alkanes of at least 4 members (excludes halogenated alkanes) is 2. The van der Waals surface area contributed by atoms with Gasteiger partial charge in [-0.25, -0.2) is 0 Å². The van der Waals surface area contributed by atoms with Gasteiger partial charge in [-0.1, -0.05) is 54.2 Å². The molecule has 0 atom stereocenters. The van der Waals surface area contributed by atoms with E-state index >= 15 is 0 Å². The Bertz CT molecular complexity index is 1080. The van der Waals surface area contributed by atoms with Crippen LogP contribution in [0.1, 0.15) is 50.7 Å². The Balaban J connectivity index is 1.36. The fraction of sp³-hybridized carbons (Fsp3) is 0.462. The smallest absolute Gasteiger partial charge is 0.305 e. The molecule has 7 heteroatoms. The number of aromatic hydroxyl groups is 1. The van der Waals surface area contributed by atoms with Crippen molar-refractivity contribution in [3.05, 3.63) is 63.3 Å². The molecule has 0 fully saturated rings. The predicted molar refractivity (Wildman–Crippen MR) is 136 cm³/mol. The second-order valence-corrected chi connectivity index (χ2v) is 9.67. The number of thiazole rings is 1. The molecule has 3 rings (SSSR count). The number of nitrogens with zero attached hydrogens (tertiary/aromatic N) is 1. The third-order valence-corrected chi connectivity index (χ3v) is 6.83. The molecule has 0 spiro atoms. The molecule has 0 aliphatic rings. The quantitative estimate of drug-likeness (QED) is 0.323. The van der Waals surface area contributed by atoms with Crippen LogP contribution in [0, 0.1) is 0 Å². The van der Waals surface area contributed by atoms with E-state index in [1.807, 2.05) is 29.2 Å². The Morgan fingerprint density at radius 1 is 1.06 bits per heavy atom. The first kappa shape index (κ1) is 25.0. The van der Waals surface area contributed by atoms with Gasteiger partial charge in [-0.2, -0.15) is 0 Å². The third kappa shape index (κ3) is 7.44. The number of aromatic nitrogens is 1. The van der Waals surface area contributed by atoms with Gasteiger partial charge in [-0.05, 0) is 63.3 Å². The zero-order chi connectivity index (χ0) is 23.6. The minimum Gasteiger partial charge on any atom is -0.506 e. The van der Waals surface area contributed by atoms with Crippen LogP contribution in [-0.4, -0.2) is 46.6 Å². The van der Waals surface area contributed by atoms with Gasteiger partial charge in [0, 0.05) is 25.6 Å². The summed E-state index contributed by atoms with van der Waals surface area (Å²) in [4.78, 5) is 28.9. The number of phenols is 1. The van der Waals surface area contributed by atoms with Crippen molar-refractivity contribution in [2.45, 2.75) is 58.4 Å². The number of hydrogen-bond donors (Lipinski definition) is 3. The van der Waals surface area contributed by atoms with Crippen LogP contribution in [0.25, 0.3) is 10.2 Å². The normalized spacial score (nSPS) is 11.4. The van der Waals surface area contributed by atoms with Gasteiger partial charge in [-0.3, -0.25) is 9.59 Å². The highest BCUT2D eigenvalue weighted by molar-refractivity contribution is 7.16. The lowest BCUT2D eigenvalue weighted by molar-refractivity contribution is -0.132. The number of benzene rings is 2. The van der Waals surface area contributed by atoms with Crippen LogP contribution in [-0.2, 0) is 17.6 Å². The maximum absolute atomic E-state index is 12.7. The number of aromatic amines is 1. The molecule has 3 N–H and O–H groups in total. The van der Waals surface area contributed by atoms with Gasteiger partial charge in [0.05, 0.1) is 4.70 Å². The van der Waals surface area contributed by atoms with E-state index in [-0.39, 0.29) is 22.6 Å². The summed E-state index contributed by atoms with van der Waals surface area (Å²) >= 11 is 1.15. The zero-order valence-electron chi connectivity index (χ0n) is 19.6. The molecule has 0 unspecified atom stereocenters. The van der Waals surface area contributed by atoms with E-state index in [0.717, 1.165) is 66.8 Å². The molecule has 0 aliphatic carbocycles. The van der Waals surface area contributed by atoms with E-state index in [4.69, 9.17) is 0 Å². The highest BCUT2D eigenvalue weighted by Crippen LogP contribution is 2.28. The molecule has 0 saturated carbocycles. The Labute approximate surface area is 199 Å². The second-order valence-electron chi connectivity index (χ2n) is 8.69. The van der Waals surface area contributed by atoms with E-state index in [9.17, 15) is 14.7 Å². The molecule has 0 radical (unpaired) electrons. The molecule has 1 amide bonds. The molecular weight excluding hydrogens is 434 g/mol. The first-order valence-corrected chi connectivity index (χ1v) is 12.6. The lowest BCUT2D eigenvalue weighted by Gasteiger charge is -2.27. The number of carbonyl (C=O) groups excluding carboxylic acids is 1. The van der Waals surface area contributed by atoms with Crippen molar-refractivity contribution in [2.75, 3.05) is 19.6 Å². The van der Waals surface area contributed by atoms with Crippen LogP contribution in [0.2, 0.25) is 0 Å².